The number of hydrogen-bond acceptors (Lipinski definition) is 4. The number of unbranched alkanes of at least 4 members (excludes halogenated alkanes) is 4. The van der Waals surface area contributed by atoms with E-state index in [-0.39, 0.29) is 30.2 Å². The highest BCUT2D eigenvalue weighted by Crippen LogP contribution is 2.14. The second-order valence-electron chi connectivity index (χ2n) is 7.07. The van der Waals surface area contributed by atoms with Gasteiger partial charge in [-0.2, -0.15) is 9.69 Å². The predicted molar refractivity (Wildman–Crippen MR) is 112 cm³/mol. The molecule has 0 bridgehead atoms. The number of pyridine rings is 2. The molecule has 0 radical (unpaired) electrons. The zero-order valence-corrected chi connectivity index (χ0v) is 17.2. The number of aryl methyl sites for hydroxylation is 1. The van der Waals surface area contributed by atoms with Crippen molar-refractivity contribution in [1.29, 1.82) is 0 Å². The van der Waals surface area contributed by atoms with Crippen LogP contribution in [0.4, 0.5) is 0 Å². The summed E-state index contributed by atoms with van der Waals surface area (Å²) in [4.78, 5) is 43.4. The number of aromatic nitrogens is 2. The molecule has 2 amide bonds. The van der Waals surface area contributed by atoms with Crippen LogP contribution >= 0.6 is 0 Å². The van der Waals surface area contributed by atoms with E-state index in [0.29, 0.717) is 30.5 Å². The van der Waals surface area contributed by atoms with Crippen molar-refractivity contribution < 1.29 is 9.59 Å². The van der Waals surface area contributed by atoms with Gasteiger partial charge in [-0.25, -0.2) is 4.98 Å². The molecule has 0 aliphatic rings. The van der Waals surface area contributed by atoms with Crippen LogP contribution in [-0.2, 0) is 16.0 Å². The molecule has 152 valence electrons. The number of nitrogens with zero attached hydrogens (tertiary/aromatic N) is 3. The molecule has 0 aliphatic heterocycles. The standard InChI is InChI=1S/C22H31N3O3/c1-4-7-9-13-19(26)24(20(27)14-10-8-5-2)25-21-18(12-11-15-23-21)16-17(6-3)22(25)28/h11-12,15-16H,4-10,13-14H2,1-3H3. The van der Waals surface area contributed by atoms with Gasteiger partial charge in [0.2, 0.25) is 11.8 Å². The first-order chi connectivity index (χ1) is 13.5. The molecule has 2 heterocycles. The molecule has 28 heavy (non-hydrogen) atoms. The van der Waals surface area contributed by atoms with Crippen LogP contribution in [0.25, 0.3) is 11.0 Å². The predicted octanol–water partition coefficient (Wildman–Crippen LogP) is 4.11. The second kappa shape index (κ2) is 10.7. The van der Waals surface area contributed by atoms with E-state index in [1.807, 2.05) is 13.0 Å². The van der Waals surface area contributed by atoms with E-state index >= 15 is 0 Å². The van der Waals surface area contributed by atoms with Gasteiger partial charge < -0.3 is 0 Å². The molecule has 0 unspecified atom stereocenters. The maximum absolute atomic E-state index is 13.1. The molecule has 2 aromatic rings. The van der Waals surface area contributed by atoms with Crippen molar-refractivity contribution in [2.75, 3.05) is 5.01 Å². The average Bonchev–Trinajstić information content (AvgIpc) is 2.70. The Morgan fingerprint density at radius 2 is 1.61 bits per heavy atom. The molecule has 0 aliphatic carbocycles. The Labute approximate surface area is 166 Å². The minimum Gasteiger partial charge on any atom is -0.273 e. The molecule has 0 spiro atoms. The van der Waals surface area contributed by atoms with E-state index in [1.165, 1.54) is 4.68 Å². The van der Waals surface area contributed by atoms with Crippen LogP contribution < -0.4 is 10.6 Å². The van der Waals surface area contributed by atoms with Gasteiger partial charge in [0, 0.05) is 30.0 Å². The fraction of sp³-hybridized carbons (Fsp3) is 0.545. The van der Waals surface area contributed by atoms with Crippen molar-refractivity contribution in [2.24, 2.45) is 0 Å². The second-order valence-corrected chi connectivity index (χ2v) is 7.07. The van der Waals surface area contributed by atoms with Gasteiger partial charge in [-0.1, -0.05) is 46.5 Å². The Morgan fingerprint density at radius 1 is 1.00 bits per heavy atom. The van der Waals surface area contributed by atoms with Crippen LogP contribution in [0.2, 0.25) is 0 Å². The van der Waals surface area contributed by atoms with E-state index in [2.05, 4.69) is 18.8 Å². The zero-order valence-electron chi connectivity index (χ0n) is 17.2. The van der Waals surface area contributed by atoms with Gasteiger partial charge >= 0.3 is 0 Å². The maximum atomic E-state index is 13.1. The summed E-state index contributed by atoms with van der Waals surface area (Å²) in [6.45, 7) is 6.01. The van der Waals surface area contributed by atoms with Crippen molar-refractivity contribution in [3.05, 3.63) is 40.3 Å². The molecule has 0 fully saturated rings. The van der Waals surface area contributed by atoms with Crippen LogP contribution in [0.3, 0.4) is 0 Å². The lowest BCUT2D eigenvalue weighted by Crippen LogP contribution is -2.51. The van der Waals surface area contributed by atoms with Crippen molar-refractivity contribution in [2.45, 2.75) is 78.6 Å². The number of rotatable bonds is 10. The largest absolute Gasteiger partial charge is 0.274 e. The molecule has 0 saturated carbocycles. The number of amides is 2. The van der Waals surface area contributed by atoms with E-state index in [4.69, 9.17) is 0 Å². The normalized spacial score (nSPS) is 11.0. The lowest BCUT2D eigenvalue weighted by Gasteiger charge is -2.24. The lowest BCUT2D eigenvalue weighted by atomic mass is 10.1. The number of imide groups is 1. The summed E-state index contributed by atoms with van der Waals surface area (Å²) in [5.74, 6) is -0.672. The lowest BCUT2D eigenvalue weighted by molar-refractivity contribution is -0.129. The van der Waals surface area contributed by atoms with Crippen LogP contribution in [0, 0.1) is 0 Å². The first kappa shape index (κ1) is 21.8. The monoisotopic (exact) mass is 385 g/mol. The fourth-order valence-electron chi connectivity index (χ4n) is 3.25. The molecular weight excluding hydrogens is 354 g/mol. The topological polar surface area (TPSA) is 72.3 Å². The summed E-state index contributed by atoms with van der Waals surface area (Å²) < 4.78 is 1.21. The highest BCUT2D eigenvalue weighted by molar-refractivity contribution is 6.09. The third kappa shape index (κ3) is 5.06. The van der Waals surface area contributed by atoms with E-state index in [1.54, 1.807) is 18.3 Å². The minimum atomic E-state index is -0.346. The van der Waals surface area contributed by atoms with Gasteiger partial charge in [-0.05, 0) is 37.5 Å². The number of carbonyl (C=O) groups is 2. The Morgan fingerprint density at radius 3 is 2.14 bits per heavy atom. The van der Waals surface area contributed by atoms with Crippen LogP contribution in [-0.4, -0.2) is 21.5 Å². The van der Waals surface area contributed by atoms with Gasteiger partial charge in [-0.15, -0.1) is 0 Å². The summed E-state index contributed by atoms with van der Waals surface area (Å²) in [6, 6.07) is 5.42. The third-order valence-corrected chi connectivity index (χ3v) is 4.86. The Hall–Kier alpha value is -2.50. The van der Waals surface area contributed by atoms with Crippen molar-refractivity contribution >= 4 is 22.8 Å². The molecule has 6 nitrogen and oxygen atoms in total. The molecule has 0 saturated heterocycles. The quantitative estimate of drug-likeness (QED) is 0.577. The van der Waals surface area contributed by atoms with Crippen molar-refractivity contribution in [3.8, 4) is 0 Å². The summed E-state index contributed by atoms with van der Waals surface area (Å²) in [6.07, 6.45) is 7.75. The summed E-state index contributed by atoms with van der Waals surface area (Å²) in [5, 5.41) is 1.80. The van der Waals surface area contributed by atoms with E-state index < -0.39 is 0 Å². The van der Waals surface area contributed by atoms with Crippen molar-refractivity contribution in [3.63, 3.8) is 0 Å². The van der Waals surface area contributed by atoms with Gasteiger partial charge in [0.25, 0.3) is 5.56 Å². The Balaban J connectivity index is 2.55. The molecule has 2 rings (SSSR count). The van der Waals surface area contributed by atoms with Gasteiger partial charge in [0.1, 0.15) is 0 Å². The smallest absolute Gasteiger partial charge is 0.273 e. The highest BCUT2D eigenvalue weighted by atomic mass is 16.2. The highest BCUT2D eigenvalue weighted by Gasteiger charge is 2.26. The van der Waals surface area contributed by atoms with Gasteiger partial charge in [-0.3, -0.25) is 14.4 Å². The van der Waals surface area contributed by atoms with E-state index in [9.17, 15) is 14.4 Å². The SMILES string of the molecule is CCCCCC(=O)N(C(=O)CCCCC)n1c(=O)c(CC)cc2cccnc21. The van der Waals surface area contributed by atoms with E-state index in [0.717, 1.165) is 36.1 Å². The summed E-state index contributed by atoms with van der Waals surface area (Å²) in [5.41, 5.74) is 0.562. The average molecular weight is 386 g/mol. The van der Waals surface area contributed by atoms with Crippen LogP contribution in [0.15, 0.2) is 29.2 Å². The summed E-state index contributed by atoms with van der Waals surface area (Å²) in [7, 11) is 0. The Bertz CT molecular complexity index is 851. The first-order valence-corrected chi connectivity index (χ1v) is 10.4. The molecule has 6 heteroatoms. The first-order valence-electron chi connectivity index (χ1n) is 10.4. The fourth-order valence-corrected chi connectivity index (χ4v) is 3.25. The molecule has 0 N–H and O–H groups in total. The van der Waals surface area contributed by atoms with Gasteiger partial charge in [0.15, 0.2) is 5.65 Å². The van der Waals surface area contributed by atoms with Crippen LogP contribution in [0.5, 0.6) is 0 Å². The van der Waals surface area contributed by atoms with Gasteiger partial charge in [0.05, 0.1) is 0 Å². The molecule has 2 aromatic heterocycles. The molecule has 0 atom stereocenters. The van der Waals surface area contributed by atoms with Crippen molar-refractivity contribution in [1.82, 2.24) is 9.66 Å². The number of carbonyl (C=O) groups excluding carboxylic acids is 2. The number of fused-ring (bicyclic) bond motifs is 1. The zero-order chi connectivity index (χ0) is 20.5. The molecular formula is C22H31N3O3. The third-order valence-electron chi connectivity index (χ3n) is 4.86. The van der Waals surface area contributed by atoms with Crippen LogP contribution in [0.1, 0.15) is 77.7 Å². The molecule has 0 aromatic carbocycles. The minimum absolute atomic E-state index is 0.241. The number of hydrogen-bond donors (Lipinski definition) is 0. The summed E-state index contributed by atoms with van der Waals surface area (Å²) >= 11 is 0. The maximum Gasteiger partial charge on any atom is 0.274 e. The Kier molecular flexibility index (Phi) is 8.36.